The fourth-order valence-electron chi connectivity index (χ4n) is 0.981. The van der Waals surface area contributed by atoms with Crippen molar-refractivity contribution in [2.24, 2.45) is 0 Å². The van der Waals surface area contributed by atoms with Crippen molar-refractivity contribution < 1.29 is 0 Å². The van der Waals surface area contributed by atoms with Crippen molar-refractivity contribution in [1.29, 1.82) is 0 Å². The molecule has 2 heterocycles. The summed E-state index contributed by atoms with van der Waals surface area (Å²) >= 11 is 3.32. The van der Waals surface area contributed by atoms with Crippen LogP contribution in [0.3, 0.4) is 0 Å². The maximum atomic E-state index is 4.10. The Morgan fingerprint density at radius 2 is 2.08 bits per heavy atom. The number of rotatable bonds is 2. The standard InChI is InChI=1S/C8H7BrN4/c9-7-4-12-13(5-7)6-8-10-2-1-3-11-8/h1-5H,6H2. The van der Waals surface area contributed by atoms with Crippen LogP contribution in [0.1, 0.15) is 5.82 Å². The predicted octanol–water partition coefficient (Wildman–Crippen LogP) is 1.48. The second kappa shape index (κ2) is 3.66. The molecule has 0 aliphatic heterocycles. The van der Waals surface area contributed by atoms with Crippen molar-refractivity contribution in [2.45, 2.75) is 6.54 Å². The van der Waals surface area contributed by atoms with Gasteiger partial charge in [0, 0.05) is 18.6 Å². The van der Waals surface area contributed by atoms with Crippen LogP contribution in [0.25, 0.3) is 0 Å². The number of halogens is 1. The van der Waals surface area contributed by atoms with E-state index < -0.39 is 0 Å². The zero-order chi connectivity index (χ0) is 9.10. The quantitative estimate of drug-likeness (QED) is 0.797. The molecule has 0 fully saturated rings. The van der Waals surface area contributed by atoms with Crippen LogP contribution in [-0.4, -0.2) is 19.7 Å². The van der Waals surface area contributed by atoms with Crippen LogP contribution in [0.2, 0.25) is 0 Å². The highest BCUT2D eigenvalue weighted by Crippen LogP contribution is 2.06. The first-order chi connectivity index (χ1) is 6.34. The molecule has 0 aliphatic carbocycles. The van der Waals surface area contributed by atoms with E-state index >= 15 is 0 Å². The zero-order valence-electron chi connectivity index (χ0n) is 6.76. The fourth-order valence-corrected chi connectivity index (χ4v) is 1.31. The molecular weight excluding hydrogens is 232 g/mol. The lowest BCUT2D eigenvalue weighted by Gasteiger charge is -1.97. The van der Waals surface area contributed by atoms with Gasteiger partial charge in [0.2, 0.25) is 0 Å². The number of aromatic nitrogens is 4. The minimum absolute atomic E-state index is 0.604. The summed E-state index contributed by atoms with van der Waals surface area (Å²) in [5, 5.41) is 4.10. The molecule has 0 N–H and O–H groups in total. The van der Waals surface area contributed by atoms with E-state index in [-0.39, 0.29) is 0 Å². The molecule has 0 radical (unpaired) electrons. The molecule has 0 unspecified atom stereocenters. The summed E-state index contributed by atoms with van der Waals surface area (Å²) in [5.74, 6) is 0.762. The van der Waals surface area contributed by atoms with Crippen LogP contribution < -0.4 is 0 Å². The summed E-state index contributed by atoms with van der Waals surface area (Å²) in [7, 11) is 0. The number of hydrogen-bond acceptors (Lipinski definition) is 3. The van der Waals surface area contributed by atoms with Gasteiger partial charge in [0.1, 0.15) is 12.4 Å². The van der Waals surface area contributed by atoms with Crippen molar-refractivity contribution in [3.63, 3.8) is 0 Å². The molecule has 13 heavy (non-hydrogen) atoms. The molecule has 2 aromatic rings. The highest BCUT2D eigenvalue weighted by Gasteiger charge is 1.97. The third-order valence-corrected chi connectivity index (χ3v) is 1.93. The maximum absolute atomic E-state index is 4.10. The van der Waals surface area contributed by atoms with Gasteiger partial charge in [-0.2, -0.15) is 5.10 Å². The summed E-state index contributed by atoms with van der Waals surface area (Å²) in [4.78, 5) is 8.19. The summed E-state index contributed by atoms with van der Waals surface area (Å²) in [6, 6.07) is 1.79. The Morgan fingerprint density at radius 1 is 1.31 bits per heavy atom. The highest BCUT2D eigenvalue weighted by molar-refractivity contribution is 9.10. The molecule has 0 saturated carbocycles. The van der Waals surface area contributed by atoms with Gasteiger partial charge >= 0.3 is 0 Å². The average molecular weight is 239 g/mol. The first-order valence-electron chi connectivity index (χ1n) is 3.78. The van der Waals surface area contributed by atoms with Crippen LogP contribution in [-0.2, 0) is 6.54 Å². The molecule has 0 amide bonds. The van der Waals surface area contributed by atoms with Gasteiger partial charge in [0.15, 0.2) is 0 Å². The molecule has 0 aliphatic rings. The number of hydrogen-bond donors (Lipinski definition) is 0. The Balaban J connectivity index is 2.15. The van der Waals surface area contributed by atoms with E-state index in [1.807, 2.05) is 6.20 Å². The lowest BCUT2D eigenvalue weighted by atomic mass is 10.5. The third kappa shape index (κ3) is 2.12. The highest BCUT2D eigenvalue weighted by atomic mass is 79.9. The van der Waals surface area contributed by atoms with Crippen LogP contribution in [0.15, 0.2) is 35.3 Å². The van der Waals surface area contributed by atoms with Crippen molar-refractivity contribution in [3.05, 3.63) is 41.2 Å². The molecule has 66 valence electrons. The van der Waals surface area contributed by atoms with Gasteiger partial charge in [-0.3, -0.25) is 4.68 Å². The summed E-state index contributed by atoms with van der Waals surface area (Å²) < 4.78 is 2.74. The fraction of sp³-hybridized carbons (Fsp3) is 0.125. The van der Waals surface area contributed by atoms with Gasteiger partial charge in [-0.15, -0.1) is 0 Å². The van der Waals surface area contributed by atoms with E-state index in [0.29, 0.717) is 6.54 Å². The van der Waals surface area contributed by atoms with E-state index in [4.69, 9.17) is 0 Å². The predicted molar refractivity (Wildman–Crippen MR) is 51.1 cm³/mol. The molecule has 0 saturated heterocycles. The summed E-state index contributed by atoms with van der Waals surface area (Å²) in [6.45, 7) is 0.604. The molecule has 2 rings (SSSR count). The Bertz CT molecular complexity index is 384. The van der Waals surface area contributed by atoms with Gasteiger partial charge in [-0.25, -0.2) is 9.97 Å². The Hall–Kier alpha value is -1.23. The molecule has 2 aromatic heterocycles. The van der Waals surface area contributed by atoms with E-state index in [2.05, 4.69) is 31.0 Å². The first kappa shape index (κ1) is 8.37. The Kier molecular flexibility index (Phi) is 2.35. The minimum atomic E-state index is 0.604. The van der Waals surface area contributed by atoms with Gasteiger partial charge in [0.25, 0.3) is 0 Å². The molecule has 0 aromatic carbocycles. The van der Waals surface area contributed by atoms with E-state index in [9.17, 15) is 0 Å². The topological polar surface area (TPSA) is 43.6 Å². The third-order valence-electron chi connectivity index (χ3n) is 1.52. The molecule has 0 atom stereocenters. The molecule has 0 bridgehead atoms. The van der Waals surface area contributed by atoms with Crippen LogP contribution in [0.4, 0.5) is 0 Å². The Morgan fingerprint density at radius 3 is 2.69 bits per heavy atom. The van der Waals surface area contributed by atoms with E-state index in [1.54, 1.807) is 29.3 Å². The molecule has 0 spiro atoms. The second-order valence-electron chi connectivity index (χ2n) is 2.52. The monoisotopic (exact) mass is 238 g/mol. The average Bonchev–Trinajstić information content (AvgIpc) is 2.53. The van der Waals surface area contributed by atoms with Crippen molar-refractivity contribution in [3.8, 4) is 0 Å². The lowest BCUT2D eigenvalue weighted by Crippen LogP contribution is -2.03. The maximum Gasteiger partial charge on any atom is 0.149 e. The summed E-state index contributed by atoms with van der Waals surface area (Å²) in [6.07, 6.45) is 7.07. The lowest BCUT2D eigenvalue weighted by molar-refractivity contribution is 0.654. The van der Waals surface area contributed by atoms with E-state index in [0.717, 1.165) is 10.3 Å². The molecular formula is C8H7BrN4. The van der Waals surface area contributed by atoms with Crippen LogP contribution in [0, 0.1) is 0 Å². The second-order valence-corrected chi connectivity index (χ2v) is 3.44. The normalized spacial score (nSPS) is 10.2. The van der Waals surface area contributed by atoms with Crippen LogP contribution in [0.5, 0.6) is 0 Å². The SMILES string of the molecule is Brc1cnn(Cc2ncccn2)c1. The number of nitrogens with zero attached hydrogens (tertiary/aromatic N) is 4. The van der Waals surface area contributed by atoms with E-state index in [1.165, 1.54) is 0 Å². The van der Waals surface area contributed by atoms with Crippen molar-refractivity contribution in [1.82, 2.24) is 19.7 Å². The largest absolute Gasteiger partial charge is 0.264 e. The van der Waals surface area contributed by atoms with Gasteiger partial charge in [0.05, 0.1) is 10.7 Å². The first-order valence-corrected chi connectivity index (χ1v) is 4.58. The van der Waals surface area contributed by atoms with Crippen LogP contribution >= 0.6 is 15.9 Å². The Labute approximate surface area is 83.8 Å². The minimum Gasteiger partial charge on any atom is -0.264 e. The molecule has 4 nitrogen and oxygen atoms in total. The van der Waals surface area contributed by atoms with Crippen molar-refractivity contribution in [2.75, 3.05) is 0 Å². The van der Waals surface area contributed by atoms with Gasteiger partial charge < -0.3 is 0 Å². The smallest absolute Gasteiger partial charge is 0.149 e. The van der Waals surface area contributed by atoms with Crippen molar-refractivity contribution >= 4 is 15.9 Å². The molecule has 5 heteroatoms. The van der Waals surface area contributed by atoms with Gasteiger partial charge in [-0.1, -0.05) is 0 Å². The summed E-state index contributed by atoms with van der Waals surface area (Å²) in [5.41, 5.74) is 0. The zero-order valence-corrected chi connectivity index (χ0v) is 8.35. The van der Waals surface area contributed by atoms with Gasteiger partial charge in [-0.05, 0) is 22.0 Å².